The van der Waals surface area contributed by atoms with Gasteiger partial charge >= 0.3 is 0 Å². The van der Waals surface area contributed by atoms with Gasteiger partial charge in [0, 0.05) is 13.3 Å². The normalized spacial score (nSPS) is 17.7. The zero-order chi connectivity index (χ0) is 26.6. The Morgan fingerprint density at radius 2 is 1.84 bits per heavy atom. The van der Waals surface area contributed by atoms with E-state index in [2.05, 4.69) is 19.9 Å². The topological polar surface area (TPSA) is 136 Å². The molecule has 14 heteroatoms. The number of nitrogens with zero attached hydrogens (tertiary/aromatic N) is 4. The number of ether oxygens (including phenoxy) is 5. The summed E-state index contributed by atoms with van der Waals surface area (Å²) in [5.74, 6) is 1.05. The lowest BCUT2D eigenvalue weighted by molar-refractivity contribution is -0.0941. The molecule has 0 unspecified atom stereocenters. The van der Waals surface area contributed by atoms with Gasteiger partial charge in [-0.15, -0.1) is 10.2 Å². The fourth-order valence-electron chi connectivity index (χ4n) is 3.97. The molecule has 1 aliphatic rings. The molecule has 0 spiro atoms. The van der Waals surface area contributed by atoms with Crippen LogP contribution in [0.1, 0.15) is 30.7 Å². The fourth-order valence-corrected chi connectivity index (χ4v) is 5.23. The minimum absolute atomic E-state index is 0.0854. The molecule has 4 rings (SSSR count). The highest BCUT2D eigenvalue weighted by Crippen LogP contribution is 2.38. The van der Waals surface area contributed by atoms with E-state index in [1.54, 1.807) is 30.3 Å². The Morgan fingerprint density at radius 1 is 1.11 bits per heavy atom. The molecule has 1 fully saturated rings. The minimum atomic E-state index is -4.09. The number of para-hydroxylation sites is 1. The zero-order valence-corrected chi connectivity index (χ0v) is 22.3. The molecule has 2 aromatic heterocycles. The van der Waals surface area contributed by atoms with E-state index in [0.717, 1.165) is 0 Å². The SMILES string of the molecule is COc1cccc(OC)c1-n1c(NS(=O)(=O)[C@@H](C)[C@H](OC)c2ccc(Cl)cn2)nnc1[C@H]1COCCO1. The molecule has 200 valence electrons. The van der Waals surface area contributed by atoms with Gasteiger partial charge in [0.05, 0.1) is 44.8 Å². The predicted octanol–water partition coefficient (Wildman–Crippen LogP) is 2.94. The standard InChI is InChI=1S/C23H28ClN5O7S/c1-14(21(34-4)16-9-8-15(24)12-25-16)37(30,31)28-23-27-26-22(19-13-35-10-11-36-19)29(23)20-17(32-2)6-5-7-18(20)33-3/h5-9,12,14,19,21H,10-11,13H2,1-4H3,(H,27,28)/t14-,19+,21-/m0/s1. The molecule has 0 bridgehead atoms. The highest BCUT2D eigenvalue weighted by atomic mass is 35.5. The fraction of sp³-hybridized carbons (Fsp3) is 0.435. The summed E-state index contributed by atoms with van der Waals surface area (Å²) in [5.41, 5.74) is 0.806. The molecule has 1 aromatic carbocycles. The Bertz CT molecular complexity index is 1290. The second kappa shape index (κ2) is 11.6. The van der Waals surface area contributed by atoms with Gasteiger partial charge in [-0.1, -0.05) is 17.7 Å². The third-order valence-electron chi connectivity index (χ3n) is 5.86. The van der Waals surface area contributed by atoms with Crippen molar-refractivity contribution < 1.29 is 32.1 Å². The van der Waals surface area contributed by atoms with E-state index in [9.17, 15) is 8.42 Å². The van der Waals surface area contributed by atoms with Crippen LogP contribution in [-0.4, -0.2) is 74.6 Å². The highest BCUT2D eigenvalue weighted by Gasteiger charge is 2.35. The van der Waals surface area contributed by atoms with Gasteiger partial charge in [-0.2, -0.15) is 0 Å². The lowest BCUT2D eigenvalue weighted by Gasteiger charge is -2.25. The number of benzene rings is 1. The summed E-state index contributed by atoms with van der Waals surface area (Å²) in [6.07, 6.45) is -0.0586. The Hall–Kier alpha value is -2.97. The number of aromatic nitrogens is 4. The third-order valence-corrected chi connectivity index (χ3v) is 7.78. The van der Waals surface area contributed by atoms with Crippen LogP contribution >= 0.6 is 11.6 Å². The van der Waals surface area contributed by atoms with E-state index in [-0.39, 0.29) is 12.6 Å². The third kappa shape index (κ3) is 5.65. The quantitative estimate of drug-likeness (QED) is 0.399. The predicted molar refractivity (Wildman–Crippen MR) is 135 cm³/mol. The van der Waals surface area contributed by atoms with Crippen LogP contribution in [-0.2, 0) is 24.2 Å². The number of hydrogen-bond donors (Lipinski definition) is 1. The van der Waals surface area contributed by atoms with Gasteiger partial charge in [0.15, 0.2) is 5.82 Å². The first kappa shape index (κ1) is 27.1. The van der Waals surface area contributed by atoms with Crippen LogP contribution in [0.25, 0.3) is 5.69 Å². The van der Waals surface area contributed by atoms with Crippen molar-refractivity contribution in [3.8, 4) is 17.2 Å². The van der Waals surface area contributed by atoms with Gasteiger partial charge < -0.3 is 23.7 Å². The zero-order valence-electron chi connectivity index (χ0n) is 20.8. The number of nitrogens with one attached hydrogen (secondary N) is 1. The largest absolute Gasteiger partial charge is 0.494 e. The van der Waals surface area contributed by atoms with Gasteiger partial charge in [-0.3, -0.25) is 14.3 Å². The molecule has 37 heavy (non-hydrogen) atoms. The van der Waals surface area contributed by atoms with Crippen LogP contribution < -0.4 is 14.2 Å². The molecule has 0 aliphatic carbocycles. The van der Waals surface area contributed by atoms with Gasteiger partial charge in [0.25, 0.3) is 0 Å². The van der Waals surface area contributed by atoms with E-state index in [0.29, 0.717) is 46.9 Å². The molecule has 12 nitrogen and oxygen atoms in total. The molecule has 1 saturated heterocycles. The van der Waals surface area contributed by atoms with Crippen molar-refractivity contribution in [3.63, 3.8) is 0 Å². The van der Waals surface area contributed by atoms with Crippen molar-refractivity contribution in [2.75, 3.05) is 45.9 Å². The van der Waals surface area contributed by atoms with Crippen molar-refractivity contribution in [3.05, 3.63) is 53.1 Å². The van der Waals surface area contributed by atoms with Gasteiger partial charge in [-0.05, 0) is 31.2 Å². The number of hydrogen-bond acceptors (Lipinski definition) is 10. The van der Waals surface area contributed by atoms with Crippen molar-refractivity contribution in [1.82, 2.24) is 19.7 Å². The van der Waals surface area contributed by atoms with Crippen LogP contribution in [0.5, 0.6) is 11.5 Å². The van der Waals surface area contributed by atoms with E-state index >= 15 is 0 Å². The maximum Gasteiger partial charge on any atom is 0.243 e. The lowest BCUT2D eigenvalue weighted by Crippen LogP contribution is -2.33. The van der Waals surface area contributed by atoms with Crippen LogP contribution in [0, 0.1) is 0 Å². The summed E-state index contributed by atoms with van der Waals surface area (Å²) in [7, 11) is 0.309. The number of pyridine rings is 1. The minimum Gasteiger partial charge on any atom is -0.494 e. The van der Waals surface area contributed by atoms with Crippen LogP contribution in [0.2, 0.25) is 5.02 Å². The molecular formula is C23H28ClN5O7S. The maximum atomic E-state index is 13.6. The molecule has 0 radical (unpaired) electrons. The second-order valence-electron chi connectivity index (χ2n) is 8.07. The van der Waals surface area contributed by atoms with Gasteiger partial charge in [0.2, 0.25) is 16.0 Å². The molecular weight excluding hydrogens is 526 g/mol. The van der Waals surface area contributed by atoms with Gasteiger partial charge in [0.1, 0.15) is 34.6 Å². The Kier molecular flexibility index (Phi) is 8.49. The summed E-state index contributed by atoms with van der Waals surface area (Å²) in [4.78, 5) is 4.22. The molecule has 1 N–H and O–H groups in total. The van der Waals surface area contributed by atoms with E-state index in [1.807, 2.05) is 0 Å². The summed E-state index contributed by atoms with van der Waals surface area (Å²) >= 11 is 5.94. The molecule has 3 heterocycles. The number of rotatable bonds is 10. The number of methoxy groups -OCH3 is 3. The summed E-state index contributed by atoms with van der Waals surface area (Å²) < 4.78 is 59.2. The van der Waals surface area contributed by atoms with Crippen LogP contribution in [0.3, 0.4) is 0 Å². The molecule has 1 aliphatic heterocycles. The monoisotopic (exact) mass is 553 g/mol. The first-order chi connectivity index (χ1) is 17.8. The van der Waals surface area contributed by atoms with Crippen LogP contribution in [0.15, 0.2) is 36.5 Å². The number of anilines is 1. The Labute approximate surface area is 219 Å². The maximum absolute atomic E-state index is 13.6. The van der Waals surface area contributed by atoms with E-state index in [1.165, 1.54) is 39.0 Å². The van der Waals surface area contributed by atoms with Crippen molar-refractivity contribution >= 4 is 27.6 Å². The van der Waals surface area contributed by atoms with Gasteiger partial charge in [-0.25, -0.2) is 8.42 Å². The first-order valence-corrected chi connectivity index (χ1v) is 13.2. The van der Waals surface area contributed by atoms with Crippen LogP contribution in [0.4, 0.5) is 5.95 Å². The Balaban J connectivity index is 1.78. The summed E-state index contributed by atoms with van der Waals surface area (Å²) in [5, 5.41) is 7.76. The highest BCUT2D eigenvalue weighted by molar-refractivity contribution is 7.93. The Morgan fingerprint density at radius 3 is 2.41 bits per heavy atom. The average molecular weight is 554 g/mol. The second-order valence-corrected chi connectivity index (χ2v) is 10.5. The average Bonchev–Trinajstić information content (AvgIpc) is 3.32. The van der Waals surface area contributed by atoms with E-state index in [4.69, 9.17) is 35.3 Å². The lowest BCUT2D eigenvalue weighted by atomic mass is 10.2. The summed E-state index contributed by atoms with van der Waals surface area (Å²) in [6.45, 7) is 2.52. The molecule has 3 aromatic rings. The molecule has 0 amide bonds. The van der Waals surface area contributed by atoms with E-state index < -0.39 is 27.5 Å². The molecule has 3 atom stereocenters. The van der Waals surface area contributed by atoms with Crippen molar-refractivity contribution in [2.45, 2.75) is 24.4 Å². The first-order valence-electron chi connectivity index (χ1n) is 11.3. The number of sulfonamides is 1. The number of halogens is 1. The smallest absolute Gasteiger partial charge is 0.243 e. The summed E-state index contributed by atoms with van der Waals surface area (Å²) in [6, 6.07) is 8.41. The molecule has 0 saturated carbocycles. The van der Waals surface area contributed by atoms with Crippen molar-refractivity contribution in [1.29, 1.82) is 0 Å². The van der Waals surface area contributed by atoms with Crippen molar-refractivity contribution in [2.24, 2.45) is 0 Å².